The zero-order chi connectivity index (χ0) is 21.3. The lowest BCUT2D eigenvalue weighted by atomic mass is 10.3. The average molecular weight is 418 g/mol. The van der Waals surface area contributed by atoms with Gasteiger partial charge in [0.1, 0.15) is 18.1 Å². The summed E-state index contributed by atoms with van der Waals surface area (Å²) >= 11 is 0. The molecule has 7 nitrogen and oxygen atoms in total. The highest BCUT2D eigenvalue weighted by Gasteiger charge is 2.32. The SMILES string of the molecule is CN=C(NCCNc1nccc(C(F)(F)F)n1)NCCOc1ccc(F)cc1F. The summed E-state index contributed by atoms with van der Waals surface area (Å²) in [5.41, 5.74) is -1.03. The summed E-state index contributed by atoms with van der Waals surface area (Å²) in [6, 6.07) is 3.80. The maximum Gasteiger partial charge on any atom is 0.433 e. The first kappa shape index (κ1) is 22.1. The second kappa shape index (κ2) is 10.4. The van der Waals surface area contributed by atoms with Crippen molar-refractivity contribution in [1.29, 1.82) is 0 Å². The summed E-state index contributed by atoms with van der Waals surface area (Å²) in [5.74, 6) is -1.29. The van der Waals surface area contributed by atoms with Crippen LogP contribution in [-0.2, 0) is 6.18 Å². The zero-order valence-corrected chi connectivity index (χ0v) is 15.4. The lowest BCUT2D eigenvalue weighted by Crippen LogP contribution is -2.41. The molecule has 0 aliphatic rings. The van der Waals surface area contributed by atoms with Gasteiger partial charge >= 0.3 is 6.18 Å². The third-order valence-corrected chi connectivity index (χ3v) is 3.42. The highest BCUT2D eigenvalue weighted by Crippen LogP contribution is 2.27. The van der Waals surface area contributed by atoms with E-state index in [2.05, 4.69) is 30.9 Å². The van der Waals surface area contributed by atoms with E-state index in [4.69, 9.17) is 4.74 Å². The topological polar surface area (TPSA) is 83.5 Å². The van der Waals surface area contributed by atoms with Crippen LogP contribution in [0, 0.1) is 11.6 Å². The van der Waals surface area contributed by atoms with Crippen molar-refractivity contribution < 1.29 is 26.7 Å². The molecule has 2 aromatic rings. The molecule has 0 saturated heterocycles. The number of nitrogens with zero attached hydrogens (tertiary/aromatic N) is 3. The number of hydrogen-bond donors (Lipinski definition) is 3. The van der Waals surface area contributed by atoms with Crippen LogP contribution < -0.4 is 20.7 Å². The molecule has 0 aliphatic carbocycles. The second-order valence-electron chi connectivity index (χ2n) is 5.54. The Kier molecular flexibility index (Phi) is 7.92. The van der Waals surface area contributed by atoms with E-state index < -0.39 is 23.5 Å². The molecule has 0 unspecified atom stereocenters. The van der Waals surface area contributed by atoms with Crippen LogP contribution in [0.4, 0.5) is 27.9 Å². The number of rotatable bonds is 8. The van der Waals surface area contributed by atoms with Crippen LogP contribution in [0.1, 0.15) is 5.69 Å². The molecule has 0 amide bonds. The number of anilines is 1. The van der Waals surface area contributed by atoms with Crippen LogP contribution in [0.3, 0.4) is 0 Å². The fourth-order valence-corrected chi connectivity index (χ4v) is 2.10. The molecule has 1 aromatic heterocycles. The van der Waals surface area contributed by atoms with E-state index in [-0.39, 0.29) is 31.4 Å². The van der Waals surface area contributed by atoms with E-state index in [0.29, 0.717) is 12.5 Å². The van der Waals surface area contributed by atoms with Crippen LogP contribution in [0.2, 0.25) is 0 Å². The molecule has 0 spiro atoms. The van der Waals surface area contributed by atoms with Gasteiger partial charge in [0.15, 0.2) is 17.5 Å². The Labute approximate surface area is 163 Å². The first-order valence-electron chi connectivity index (χ1n) is 8.46. The lowest BCUT2D eigenvalue weighted by Gasteiger charge is -2.13. The van der Waals surface area contributed by atoms with Crippen LogP contribution in [0.25, 0.3) is 0 Å². The number of benzene rings is 1. The summed E-state index contributed by atoms with van der Waals surface area (Å²) in [7, 11) is 1.53. The summed E-state index contributed by atoms with van der Waals surface area (Å²) in [5, 5.41) is 8.50. The van der Waals surface area contributed by atoms with Gasteiger partial charge in [-0.3, -0.25) is 4.99 Å². The highest BCUT2D eigenvalue weighted by molar-refractivity contribution is 5.79. The number of guanidine groups is 1. The van der Waals surface area contributed by atoms with Crippen molar-refractivity contribution in [3.63, 3.8) is 0 Å². The van der Waals surface area contributed by atoms with Crippen molar-refractivity contribution in [2.45, 2.75) is 6.18 Å². The fraction of sp³-hybridized carbons (Fsp3) is 0.353. The second-order valence-corrected chi connectivity index (χ2v) is 5.54. The van der Waals surface area contributed by atoms with Gasteiger partial charge in [0.25, 0.3) is 0 Å². The molecule has 0 radical (unpaired) electrons. The largest absolute Gasteiger partial charge is 0.489 e. The zero-order valence-electron chi connectivity index (χ0n) is 15.4. The molecule has 2 rings (SSSR count). The predicted octanol–water partition coefficient (Wildman–Crippen LogP) is 2.43. The lowest BCUT2D eigenvalue weighted by molar-refractivity contribution is -0.141. The number of halogens is 5. The van der Waals surface area contributed by atoms with Crippen LogP contribution in [0.5, 0.6) is 5.75 Å². The van der Waals surface area contributed by atoms with Crippen molar-refractivity contribution in [1.82, 2.24) is 20.6 Å². The monoisotopic (exact) mass is 418 g/mol. The van der Waals surface area contributed by atoms with Gasteiger partial charge in [-0.15, -0.1) is 0 Å². The Morgan fingerprint density at radius 1 is 1.10 bits per heavy atom. The number of hydrogen-bond acceptors (Lipinski definition) is 5. The molecule has 0 atom stereocenters. The Balaban J connectivity index is 1.67. The average Bonchev–Trinajstić information content (AvgIpc) is 2.67. The Morgan fingerprint density at radius 2 is 1.86 bits per heavy atom. The minimum absolute atomic E-state index is 0.0681. The van der Waals surface area contributed by atoms with Gasteiger partial charge in [-0.25, -0.2) is 18.7 Å². The van der Waals surface area contributed by atoms with Gasteiger partial charge in [0, 0.05) is 32.4 Å². The number of ether oxygens (including phenoxy) is 1. The summed E-state index contributed by atoms with van der Waals surface area (Å²) < 4.78 is 69.3. The Bertz CT molecular complexity index is 830. The molecule has 0 bridgehead atoms. The van der Waals surface area contributed by atoms with Crippen molar-refractivity contribution in [2.24, 2.45) is 4.99 Å². The minimum Gasteiger partial charge on any atom is -0.489 e. The number of aliphatic imine (C=N–C) groups is 1. The van der Waals surface area contributed by atoms with Gasteiger partial charge in [-0.05, 0) is 18.2 Å². The molecule has 1 heterocycles. The summed E-state index contributed by atoms with van der Waals surface area (Å²) in [6.07, 6.45) is -3.52. The van der Waals surface area contributed by atoms with Crippen molar-refractivity contribution in [3.8, 4) is 5.75 Å². The highest BCUT2D eigenvalue weighted by atomic mass is 19.4. The maximum absolute atomic E-state index is 13.4. The molecule has 29 heavy (non-hydrogen) atoms. The molecular weight excluding hydrogens is 399 g/mol. The molecule has 158 valence electrons. The van der Waals surface area contributed by atoms with E-state index >= 15 is 0 Å². The standard InChI is InChI=1S/C17H19F5N6O/c1-23-15(27-8-9-29-13-3-2-11(18)10-12(13)19)25-6-7-26-16-24-5-4-14(28-16)17(20,21)22/h2-5,10H,6-9H2,1H3,(H2,23,25,27)(H,24,26,28). The smallest absolute Gasteiger partial charge is 0.433 e. The Hall–Kier alpha value is -3.18. The van der Waals surface area contributed by atoms with Crippen molar-refractivity contribution >= 4 is 11.9 Å². The van der Waals surface area contributed by atoms with Crippen LogP contribution >= 0.6 is 0 Å². The first-order valence-corrected chi connectivity index (χ1v) is 8.46. The molecule has 1 aromatic carbocycles. The minimum atomic E-state index is -4.54. The molecule has 0 aliphatic heterocycles. The van der Waals surface area contributed by atoms with E-state index in [1.807, 2.05) is 0 Å². The van der Waals surface area contributed by atoms with E-state index in [0.717, 1.165) is 24.4 Å². The van der Waals surface area contributed by atoms with Crippen LogP contribution in [0.15, 0.2) is 35.5 Å². The third-order valence-electron chi connectivity index (χ3n) is 3.42. The summed E-state index contributed by atoms with van der Waals surface area (Å²) in [6.45, 7) is 0.923. The number of aromatic nitrogens is 2. The summed E-state index contributed by atoms with van der Waals surface area (Å²) in [4.78, 5) is 11.1. The molecule has 0 fully saturated rings. The molecule has 12 heteroatoms. The van der Waals surface area contributed by atoms with Crippen LogP contribution in [-0.4, -0.2) is 49.2 Å². The quantitative estimate of drug-likeness (QED) is 0.264. The molecule has 0 saturated carbocycles. The molecular formula is C17H19F5N6O. The Morgan fingerprint density at radius 3 is 2.55 bits per heavy atom. The molecule has 3 N–H and O–H groups in total. The normalized spacial score (nSPS) is 11.9. The van der Waals surface area contributed by atoms with E-state index in [9.17, 15) is 22.0 Å². The first-order chi connectivity index (χ1) is 13.8. The predicted molar refractivity (Wildman–Crippen MR) is 96.7 cm³/mol. The van der Waals surface area contributed by atoms with Gasteiger partial charge in [-0.1, -0.05) is 0 Å². The van der Waals surface area contributed by atoms with Gasteiger partial charge in [0.05, 0.1) is 6.54 Å². The van der Waals surface area contributed by atoms with Gasteiger partial charge < -0.3 is 20.7 Å². The number of nitrogens with one attached hydrogen (secondary N) is 3. The number of alkyl halides is 3. The van der Waals surface area contributed by atoms with Crippen molar-refractivity contribution in [2.75, 3.05) is 38.6 Å². The fourth-order valence-electron chi connectivity index (χ4n) is 2.10. The van der Waals surface area contributed by atoms with Gasteiger partial charge in [-0.2, -0.15) is 13.2 Å². The van der Waals surface area contributed by atoms with Crippen molar-refractivity contribution in [3.05, 3.63) is 47.8 Å². The third kappa shape index (κ3) is 7.39. The van der Waals surface area contributed by atoms with E-state index in [1.54, 1.807) is 0 Å². The maximum atomic E-state index is 13.4. The van der Waals surface area contributed by atoms with Gasteiger partial charge in [0.2, 0.25) is 5.95 Å². The van der Waals surface area contributed by atoms with E-state index in [1.165, 1.54) is 13.1 Å².